The van der Waals surface area contributed by atoms with Crippen LogP contribution in [-0.2, 0) is 11.4 Å². The fourth-order valence-electron chi connectivity index (χ4n) is 2.80. The highest BCUT2D eigenvalue weighted by Crippen LogP contribution is 2.23. The number of amides is 1. The molecule has 150 valence electrons. The maximum Gasteiger partial charge on any atom is 0.266 e. The van der Waals surface area contributed by atoms with Crippen LogP contribution in [0.3, 0.4) is 0 Å². The van der Waals surface area contributed by atoms with Crippen molar-refractivity contribution in [2.75, 3.05) is 11.9 Å². The van der Waals surface area contributed by atoms with Gasteiger partial charge in [-0.3, -0.25) is 4.79 Å². The molecular weight excluding hydrogens is 376 g/mol. The summed E-state index contributed by atoms with van der Waals surface area (Å²) in [6.45, 7) is 2.81. The van der Waals surface area contributed by atoms with Crippen LogP contribution in [0.5, 0.6) is 11.5 Å². The van der Waals surface area contributed by atoms with Gasteiger partial charge in [0, 0.05) is 17.3 Å². The summed E-state index contributed by atoms with van der Waals surface area (Å²) in [6.07, 6.45) is 1.53. The number of ether oxygens (including phenoxy) is 2. The molecule has 1 N–H and O–H groups in total. The Hall–Kier alpha value is -4.04. The Morgan fingerprint density at radius 3 is 2.53 bits per heavy atom. The van der Waals surface area contributed by atoms with E-state index >= 15 is 0 Å². The lowest BCUT2D eigenvalue weighted by atomic mass is 10.1. The van der Waals surface area contributed by atoms with E-state index in [1.54, 1.807) is 30.3 Å². The zero-order valence-electron chi connectivity index (χ0n) is 16.7. The Labute approximate surface area is 176 Å². The van der Waals surface area contributed by atoms with Crippen molar-refractivity contribution in [1.29, 1.82) is 5.26 Å². The van der Waals surface area contributed by atoms with E-state index in [2.05, 4.69) is 5.32 Å². The zero-order valence-corrected chi connectivity index (χ0v) is 16.7. The lowest BCUT2D eigenvalue weighted by molar-refractivity contribution is -0.112. The number of nitrogens with zero attached hydrogens (tertiary/aromatic N) is 1. The van der Waals surface area contributed by atoms with Gasteiger partial charge in [0.05, 0.1) is 6.61 Å². The molecule has 3 aromatic rings. The molecule has 0 radical (unpaired) electrons. The maximum atomic E-state index is 12.6. The van der Waals surface area contributed by atoms with Gasteiger partial charge >= 0.3 is 0 Å². The molecule has 0 bridgehead atoms. The van der Waals surface area contributed by atoms with Crippen molar-refractivity contribution in [2.24, 2.45) is 0 Å². The first-order valence-corrected chi connectivity index (χ1v) is 9.61. The molecule has 0 aliphatic carbocycles. The molecule has 0 aliphatic rings. The van der Waals surface area contributed by atoms with Crippen LogP contribution in [0.15, 0.2) is 84.4 Å². The third-order valence-corrected chi connectivity index (χ3v) is 4.22. The monoisotopic (exact) mass is 398 g/mol. The highest BCUT2D eigenvalue weighted by Gasteiger charge is 2.12. The number of hydrogen-bond donors (Lipinski definition) is 1. The van der Waals surface area contributed by atoms with Gasteiger partial charge in [-0.25, -0.2) is 0 Å². The SMILES string of the molecule is CCOc1cccc(NC(=O)/C(C#N)=C/c2ccccc2OCc2ccccc2)c1. The molecule has 3 rings (SSSR count). The van der Waals surface area contributed by atoms with Crippen LogP contribution >= 0.6 is 0 Å². The van der Waals surface area contributed by atoms with Gasteiger partial charge < -0.3 is 14.8 Å². The van der Waals surface area contributed by atoms with Crippen molar-refractivity contribution in [3.63, 3.8) is 0 Å². The first-order chi connectivity index (χ1) is 14.7. The highest BCUT2D eigenvalue weighted by molar-refractivity contribution is 6.09. The minimum absolute atomic E-state index is 0.0208. The van der Waals surface area contributed by atoms with Gasteiger partial charge in [0.15, 0.2) is 0 Å². The highest BCUT2D eigenvalue weighted by atomic mass is 16.5. The standard InChI is InChI=1S/C25H22N2O3/c1-2-29-23-13-8-12-22(16-23)27-25(28)21(17-26)15-20-11-6-7-14-24(20)30-18-19-9-4-3-5-10-19/h3-16H,2,18H2,1H3,(H,27,28)/b21-15+. The second-order valence-electron chi connectivity index (χ2n) is 6.40. The molecular formula is C25H22N2O3. The average Bonchev–Trinajstić information content (AvgIpc) is 2.78. The number of para-hydroxylation sites is 1. The molecule has 0 saturated carbocycles. The summed E-state index contributed by atoms with van der Waals surface area (Å²) in [4.78, 5) is 12.6. The van der Waals surface area contributed by atoms with Gasteiger partial charge in [-0.1, -0.05) is 54.6 Å². The van der Waals surface area contributed by atoms with Crippen LogP contribution in [0.1, 0.15) is 18.1 Å². The molecule has 0 fully saturated rings. The van der Waals surface area contributed by atoms with E-state index in [1.165, 1.54) is 6.08 Å². The number of nitriles is 1. The fraction of sp³-hybridized carbons (Fsp3) is 0.120. The van der Waals surface area contributed by atoms with Gasteiger partial charge in [-0.05, 0) is 36.8 Å². The summed E-state index contributed by atoms with van der Waals surface area (Å²) in [5.74, 6) is 0.752. The molecule has 3 aromatic carbocycles. The Balaban J connectivity index is 1.76. The van der Waals surface area contributed by atoms with E-state index in [-0.39, 0.29) is 5.57 Å². The summed E-state index contributed by atoms with van der Waals surface area (Å²) < 4.78 is 11.3. The van der Waals surface area contributed by atoms with Crippen molar-refractivity contribution in [1.82, 2.24) is 0 Å². The van der Waals surface area contributed by atoms with Crippen molar-refractivity contribution in [3.8, 4) is 17.6 Å². The summed E-state index contributed by atoms with van der Waals surface area (Å²) in [5, 5.41) is 12.3. The predicted octanol–water partition coefficient (Wildman–Crippen LogP) is 5.21. The lowest BCUT2D eigenvalue weighted by Crippen LogP contribution is -2.13. The average molecular weight is 398 g/mol. The van der Waals surface area contributed by atoms with E-state index in [9.17, 15) is 10.1 Å². The summed E-state index contributed by atoms with van der Waals surface area (Å²) in [6, 6.07) is 26.1. The maximum absolute atomic E-state index is 12.6. The molecule has 0 heterocycles. The number of benzene rings is 3. The third-order valence-electron chi connectivity index (χ3n) is 4.22. The number of carbonyl (C=O) groups is 1. The summed E-state index contributed by atoms with van der Waals surface area (Å²) in [5.41, 5.74) is 2.22. The van der Waals surface area contributed by atoms with Crippen LogP contribution in [0.2, 0.25) is 0 Å². The van der Waals surface area contributed by atoms with Crippen molar-refractivity contribution in [2.45, 2.75) is 13.5 Å². The molecule has 0 atom stereocenters. The number of anilines is 1. The minimum atomic E-state index is -0.496. The molecule has 0 aliphatic heterocycles. The van der Waals surface area contributed by atoms with E-state index < -0.39 is 5.91 Å². The molecule has 0 unspecified atom stereocenters. The Kier molecular flexibility index (Phi) is 7.23. The fourth-order valence-corrected chi connectivity index (χ4v) is 2.80. The van der Waals surface area contributed by atoms with E-state index in [0.29, 0.717) is 36.0 Å². The Morgan fingerprint density at radius 1 is 1.00 bits per heavy atom. The molecule has 5 nitrogen and oxygen atoms in total. The van der Waals surface area contributed by atoms with Gasteiger partial charge in [0.1, 0.15) is 29.7 Å². The zero-order chi connectivity index (χ0) is 21.2. The van der Waals surface area contributed by atoms with Gasteiger partial charge in [0.25, 0.3) is 5.91 Å². The van der Waals surface area contributed by atoms with Gasteiger partial charge in [-0.2, -0.15) is 5.26 Å². The first-order valence-electron chi connectivity index (χ1n) is 9.61. The van der Waals surface area contributed by atoms with E-state index in [1.807, 2.05) is 61.5 Å². The first kappa shape index (κ1) is 20.7. The number of carbonyl (C=O) groups excluding carboxylic acids is 1. The second-order valence-corrected chi connectivity index (χ2v) is 6.40. The quantitative estimate of drug-likeness (QED) is 0.418. The minimum Gasteiger partial charge on any atom is -0.494 e. The smallest absolute Gasteiger partial charge is 0.266 e. The normalized spacial score (nSPS) is 10.7. The van der Waals surface area contributed by atoms with Crippen molar-refractivity contribution >= 4 is 17.7 Å². The third kappa shape index (κ3) is 5.73. The van der Waals surface area contributed by atoms with Gasteiger partial charge in [-0.15, -0.1) is 0 Å². The topological polar surface area (TPSA) is 71.3 Å². The number of rotatable bonds is 8. The lowest BCUT2D eigenvalue weighted by Gasteiger charge is -2.10. The molecule has 0 aromatic heterocycles. The molecule has 0 saturated heterocycles. The molecule has 0 spiro atoms. The number of hydrogen-bond acceptors (Lipinski definition) is 4. The van der Waals surface area contributed by atoms with Crippen LogP contribution < -0.4 is 14.8 Å². The van der Waals surface area contributed by atoms with Crippen molar-refractivity contribution < 1.29 is 14.3 Å². The van der Waals surface area contributed by atoms with Crippen LogP contribution in [0.25, 0.3) is 6.08 Å². The Morgan fingerprint density at radius 2 is 1.77 bits per heavy atom. The van der Waals surface area contributed by atoms with Gasteiger partial charge in [0.2, 0.25) is 0 Å². The van der Waals surface area contributed by atoms with E-state index in [0.717, 1.165) is 5.56 Å². The summed E-state index contributed by atoms with van der Waals surface area (Å²) >= 11 is 0. The largest absolute Gasteiger partial charge is 0.494 e. The molecule has 5 heteroatoms. The number of nitrogens with one attached hydrogen (secondary N) is 1. The molecule has 30 heavy (non-hydrogen) atoms. The predicted molar refractivity (Wildman–Crippen MR) is 117 cm³/mol. The molecule has 1 amide bonds. The summed E-state index contributed by atoms with van der Waals surface area (Å²) in [7, 11) is 0. The van der Waals surface area contributed by atoms with E-state index in [4.69, 9.17) is 9.47 Å². The Bertz CT molecular complexity index is 1070. The van der Waals surface area contributed by atoms with Crippen LogP contribution in [0.4, 0.5) is 5.69 Å². The van der Waals surface area contributed by atoms with Crippen LogP contribution in [-0.4, -0.2) is 12.5 Å². The van der Waals surface area contributed by atoms with Crippen LogP contribution in [0, 0.1) is 11.3 Å². The van der Waals surface area contributed by atoms with Crippen molar-refractivity contribution in [3.05, 3.63) is 95.6 Å². The second kappa shape index (κ2) is 10.5.